The zero-order valence-electron chi connectivity index (χ0n) is 9.83. The van der Waals surface area contributed by atoms with E-state index in [1.54, 1.807) is 23.3 Å². The molecule has 0 saturated heterocycles. The lowest BCUT2D eigenvalue weighted by Crippen LogP contribution is -2.24. The van der Waals surface area contributed by atoms with Crippen molar-refractivity contribution in [3.8, 4) is 0 Å². The second kappa shape index (κ2) is 5.81. The van der Waals surface area contributed by atoms with E-state index in [4.69, 9.17) is 0 Å². The molecule has 0 aliphatic carbocycles. The van der Waals surface area contributed by atoms with Crippen LogP contribution in [0.4, 0.5) is 5.00 Å². The molecule has 0 aliphatic rings. The van der Waals surface area contributed by atoms with Crippen molar-refractivity contribution in [3.63, 3.8) is 0 Å². The van der Waals surface area contributed by atoms with E-state index in [0.717, 1.165) is 20.7 Å². The molecule has 0 aliphatic heterocycles. The molecule has 5 nitrogen and oxygen atoms in total. The van der Waals surface area contributed by atoms with Crippen LogP contribution in [-0.2, 0) is 6.54 Å². The summed E-state index contributed by atoms with van der Waals surface area (Å²) in [5.74, 6) is -0.206. The summed E-state index contributed by atoms with van der Waals surface area (Å²) >= 11 is 5.81. The number of nitrogens with zero attached hydrogens (tertiary/aromatic N) is 2. The molecule has 100 valence electrons. The van der Waals surface area contributed by atoms with Gasteiger partial charge in [-0.25, -0.2) is 0 Å². The van der Waals surface area contributed by atoms with Crippen molar-refractivity contribution >= 4 is 49.5 Å². The van der Waals surface area contributed by atoms with Gasteiger partial charge in [0.05, 0.1) is 16.3 Å². The number of nitro groups is 1. The van der Waals surface area contributed by atoms with Crippen LogP contribution in [0.1, 0.15) is 14.5 Å². The third-order valence-corrected chi connectivity index (χ3v) is 5.05. The van der Waals surface area contributed by atoms with Gasteiger partial charge in [0.15, 0.2) is 0 Å². The molecule has 0 fully saturated rings. The molecule has 0 aromatic carbocycles. The van der Waals surface area contributed by atoms with Crippen molar-refractivity contribution < 1.29 is 9.72 Å². The second-order valence-corrected chi connectivity index (χ2v) is 6.76. The molecule has 2 aromatic rings. The molecule has 0 saturated carbocycles. The van der Waals surface area contributed by atoms with E-state index in [9.17, 15) is 14.9 Å². The molecule has 0 bridgehead atoms. The SMILES string of the molecule is CN(Cc1cc(Br)cs1)C(=O)c1ccc([N+](=O)[O-])s1. The maximum Gasteiger partial charge on any atom is 0.324 e. The smallest absolute Gasteiger partial charge is 0.324 e. The molecule has 2 aromatic heterocycles. The van der Waals surface area contributed by atoms with E-state index in [2.05, 4.69) is 15.9 Å². The first-order valence-electron chi connectivity index (χ1n) is 5.20. The second-order valence-electron chi connectivity index (χ2n) is 3.79. The average molecular weight is 361 g/mol. The summed E-state index contributed by atoms with van der Waals surface area (Å²) in [7, 11) is 1.68. The first-order chi connectivity index (χ1) is 8.97. The minimum Gasteiger partial charge on any atom is -0.336 e. The summed E-state index contributed by atoms with van der Waals surface area (Å²) in [5.41, 5.74) is 0. The van der Waals surface area contributed by atoms with Crippen LogP contribution in [0.25, 0.3) is 0 Å². The van der Waals surface area contributed by atoms with Crippen LogP contribution >= 0.6 is 38.6 Å². The summed E-state index contributed by atoms with van der Waals surface area (Å²) in [6.45, 7) is 0.487. The van der Waals surface area contributed by atoms with Gasteiger partial charge in [0, 0.05) is 27.8 Å². The number of rotatable bonds is 4. The Morgan fingerprint density at radius 2 is 2.26 bits per heavy atom. The van der Waals surface area contributed by atoms with E-state index >= 15 is 0 Å². The van der Waals surface area contributed by atoms with Gasteiger partial charge in [-0.05, 0) is 28.1 Å². The minimum atomic E-state index is -0.488. The van der Waals surface area contributed by atoms with Gasteiger partial charge in [-0.3, -0.25) is 14.9 Å². The van der Waals surface area contributed by atoms with Crippen molar-refractivity contribution in [1.29, 1.82) is 0 Å². The largest absolute Gasteiger partial charge is 0.336 e. The monoisotopic (exact) mass is 360 g/mol. The van der Waals surface area contributed by atoms with Crippen molar-refractivity contribution in [2.75, 3.05) is 7.05 Å². The molecule has 0 unspecified atom stereocenters. The Morgan fingerprint density at radius 3 is 2.79 bits per heavy atom. The zero-order valence-corrected chi connectivity index (χ0v) is 13.0. The van der Waals surface area contributed by atoms with Gasteiger partial charge in [-0.1, -0.05) is 11.3 Å². The highest BCUT2D eigenvalue weighted by Crippen LogP contribution is 2.26. The van der Waals surface area contributed by atoms with Crippen LogP contribution in [-0.4, -0.2) is 22.8 Å². The lowest BCUT2D eigenvalue weighted by atomic mass is 10.4. The summed E-state index contributed by atoms with van der Waals surface area (Å²) in [4.78, 5) is 25.2. The van der Waals surface area contributed by atoms with Crippen LogP contribution in [0.5, 0.6) is 0 Å². The molecular formula is C11H9BrN2O3S2. The average Bonchev–Trinajstić information content (AvgIpc) is 2.97. The number of hydrogen-bond acceptors (Lipinski definition) is 5. The fourth-order valence-electron chi connectivity index (χ4n) is 1.47. The minimum absolute atomic E-state index is 0.0179. The van der Waals surface area contributed by atoms with Crippen molar-refractivity contribution in [1.82, 2.24) is 4.90 Å². The number of hydrogen-bond donors (Lipinski definition) is 0. The molecule has 0 atom stereocenters. The molecular weight excluding hydrogens is 352 g/mol. The van der Waals surface area contributed by atoms with Crippen molar-refractivity contribution in [3.05, 3.63) is 47.9 Å². The Labute approximate surface area is 125 Å². The Kier molecular flexibility index (Phi) is 4.33. The molecule has 0 radical (unpaired) electrons. The molecule has 19 heavy (non-hydrogen) atoms. The van der Waals surface area contributed by atoms with Gasteiger partial charge in [-0.2, -0.15) is 0 Å². The van der Waals surface area contributed by atoms with Gasteiger partial charge < -0.3 is 4.90 Å². The van der Waals surface area contributed by atoms with Gasteiger partial charge in [0.25, 0.3) is 5.91 Å². The topological polar surface area (TPSA) is 63.5 Å². The number of amides is 1. The van der Waals surface area contributed by atoms with Gasteiger partial charge >= 0.3 is 5.00 Å². The Hall–Kier alpha value is -1.25. The predicted molar refractivity (Wildman–Crippen MR) is 78.8 cm³/mol. The lowest BCUT2D eigenvalue weighted by molar-refractivity contribution is -0.380. The maximum atomic E-state index is 12.1. The number of carbonyl (C=O) groups excluding carboxylic acids is 1. The van der Waals surface area contributed by atoms with Crippen LogP contribution < -0.4 is 0 Å². The van der Waals surface area contributed by atoms with Crippen LogP contribution in [0.15, 0.2) is 28.1 Å². The van der Waals surface area contributed by atoms with Crippen LogP contribution in [0, 0.1) is 10.1 Å². The zero-order chi connectivity index (χ0) is 14.0. The van der Waals surface area contributed by atoms with Crippen molar-refractivity contribution in [2.24, 2.45) is 0 Å². The summed E-state index contributed by atoms with van der Waals surface area (Å²) in [5, 5.41) is 12.5. The van der Waals surface area contributed by atoms with E-state index in [1.165, 1.54) is 12.1 Å². The summed E-state index contributed by atoms with van der Waals surface area (Å²) < 4.78 is 0.986. The quantitative estimate of drug-likeness (QED) is 0.615. The first-order valence-corrected chi connectivity index (χ1v) is 7.69. The van der Waals surface area contributed by atoms with Gasteiger partial charge in [0.1, 0.15) is 0 Å². The predicted octanol–water partition coefficient (Wildman–Crippen LogP) is 3.75. The highest BCUT2D eigenvalue weighted by molar-refractivity contribution is 9.10. The highest BCUT2D eigenvalue weighted by Gasteiger charge is 2.18. The third kappa shape index (κ3) is 3.40. The number of thiophene rings is 2. The Balaban J connectivity index is 2.07. The molecule has 2 heterocycles. The maximum absolute atomic E-state index is 12.1. The molecule has 0 spiro atoms. The van der Waals surface area contributed by atoms with Crippen LogP contribution in [0.2, 0.25) is 0 Å². The molecule has 8 heteroatoms. The van der Waals surface area contributed by atoms with Crippen LogP contribution in [0.3, 0.4) is 0 Å². The Morgan fingerprint density at radius 1 is 1.53 bits per heavy atom. The first kappa shape index (κ1) is 14.2. The van der Waals surface area contributed by atoms with E-state index < -0.39 is 4.92 Å². The van der Waals surface area contributed by atoms with E-state index in [1.807, 2.05) is 11.4 Å². The number of carbonyl (C=O) groups is 1. The van der Waals surface area contributed by atoms with E-state index in [0.29, 0.717) is 11.4 Å². The Bertz CT molecular complexity index is 623. The van der Waals surface area contributed by atoms with E-state index in [-0.39, 0.29) is 10.9 Å². The third-order valence-electron chi connectivity index (χ3n) is 2.34. The summed E-state index contributed by atoms with van der Waals surface area (Å²) in [6.07, 6.45) is 0. The number of halogens is 1. The highest BCUT2D eigenvalue weighted by atomic mass is 79.9. The molecule has 1 amide bonds. The fourth-order valence-corrected chi connectivity index (χ4v) is 3.79. The van der Waals surface area contributed by atoms with Crippen molar-refractivity contribution in [2.45, 2.75) is 6.54 Å². The molecule has 0 N–H and O–H groups in total. The lowest BCUT2D eigenvalue weighted by Gasteiger charge is -2.14. The fraction of sp³-hybridized carbons (Fsp3) is 0.182. The summed E-state index contributed by atoms with van der Waals surface area (Å²) in [6, 6.07) is 4.80. The van der Waals surface area contributed by atoms with Gasteiger partial charge in [0.2, 0.25) is 0 Å². The van der Waals surface area contributed by atoms with Gasteiger partial charge in [-0.15, -0.1) is 11.3 Å². The standard InChI is InChI=1S/C11H9BrN2O3S2/c1-13(5-8-4-7(12)6-18-8)11(15)9-2-3-10(19-9)14(16)17/h2-4,6H,5H2,1H3. The normalized spacial score (nSPS) is 10.4. The molecule has 2 rings (SSSR count).